The van der Waals surface area contributed by atoms with Crippen molar-refractivity contribution in [2.24, 2.45) is 5.92 Å². The van der Waals surface area contributed by atoms with Gasteiger partial charge in [0.15, 0.2) is 11.5 Å². The zero-order valence-electron chi connectivity index (χ0n) is 23.0. The lowest BCUT2D eigenvalue weighted by molar-refractivity contribution is 0.0343. The fraction of sp³-hybridized carbons (Fsp3) is 0.429. The van der Waals surface area contributed by atoms with Gasteiger partial charge in [-0.3, -0.25) is 14.7 Å². The Morgan fingerprint density at radius 1 is 1.23 bits per heavy atom. The molecule has 1 aliphatic rings. The van der Waals surface area contributed by atoms with E-state index >= 15 is 0 Å². The second kappa shape index (κ2) is 12.3. The van der Waals surface area contributed by atoms with Gasteiger partial charge >= 0.3 is 6.03 Å². The molecular weight excluding hydrogens is 500 g/mol. The molecule has 0 saturated carbocycles. The summed E-state index contributed by atoms with van der Waals surface area (Å²) in [5.41, 5.74) is 2.83. The predicted octanol–water partition coefficient (Wildman–Crippen LogP) is 3.68. The minimum atomic E-state index is -0.518. The summed E-state index contributed by atoms with van der Waals surface area (Å²) in [7, 11) is 2.01. The number of rotatable bonds is 8. The maximum absolute atomic E-state index is 13.7. The Balaban J connectivity index is 1.64. The molecule has 3 N–H and O–H groups in total. The lowest BCUT2D eigenvalue weighted by atomic mass is 9.99. The summed E-state index contributed by atoms with van der Waals surface area (Å²) in [4.78, 5) is 34.5. The van der Waals surface area contributed by atoms with Gasteiger partial charge in [-0.1, -0.05) is 18.1 Å². The summed E-state index contributed by atoms with van der Waals surface area (Å²) in [6, 6.07) is 8.11. The number of hydrogen-bond acceptors (Lipinski definition) is 8. The van der Waals surface area contributed by atoms with Crippen molar-refractivity contribution in [3.05, 3.63) is 65.3 Å². The Hall–Kier alpha value is -3.96. The van der Waals surface area contributed by atoms with Gasteiger partial charge < -0.3 is 29.9 Å². The van der Waals surface area contributed by atoms with Gasteiger partial charge in [0.05, 0.1) is 23.9 Å². The van der Waals surface area contributed by atoms with Crippen LogP contribution in [0.2, 0.25) is 0 Å². The molecule has 208 valence electrons. The topological polar surface area (TPSA) is 133 Å². The van der Waals surface area contributed by atoms with Crippen molar-refractivity contribution in [3.8, 4) is 5.75 Å². The molecule has 0 spiro atoms. The number of pyridine rings is 1. The van der Waals surface area contributed by atoms with Crippen LogP contribution < -0.4 is 15.4 Å². The van der Waals surface area contributed by atoms with E-state index in [9.17, 15) is 14.7 Å². The predicted molar refractivity (Wildman–Crippen MR) is 147 cm³/mol. The minimum absolute atomic E-state index is 0.0693. The second-order valence-corrected chi connectivity index (χ2v) is 10.1. The Labute approximate surface area is 228 Å². The van der Waals surface area contributed by atoms with E-state index in [0.29, 0.717) is 53.8 Å². The quantitative estimate of drug-likeness (QED) is 0.397. The first kappa shape index (κ1) is 28.1. The number of para-hydroxylation sites is 1. The van der Waals surface area contributed by atoms with E-state index in [1.165, 1.54) is 0 Å². The van der Waals surface area contributed by atoms with Crippen molar-refractivity contribution in [3.63, 3.8) is 0 Å². The molecule has 11 nitrogen and oxygen atoms in total. The number of aliphatic hydroxyl groups is 1. The zero-order chi connectivity index (χ0) is 28.1. The molecule has 3 heterocycles. The third kappa shape index (κ3) is 6.55. The lowest BCUT2D eigenvalue weighted by Gasteiger charge is -2.38. The smallest absolute Gasteiger partial charge is 0.323 e. The molecule has 39 heavy (non-hydrogen) atoms. The number of amides is 3. The number of carbonyl (C=O) groups is 2. The largest absolute Gasteiger partial charge is 0.486 e. The normalized spacial score (nSPS) is 18.1. The van der Waals surface area contributed by atoms with E-state index in [1.54, 1.807) is 49.3 Å². The van der Waals surface area contributed by atoms with Crippen LogP contribution in [0, 0.1) is 19.8 Å². The number of urea groups is 1. The molecule has 0 radical (unpaired) electrons. The van der Waals surface area contributed by atoms with Crippen molar-refractivity contribution in [1.82, 2.24) is 19.9 Å². The number of likely N-dealkylation sites (N-methyl/N-ethyl adjacent to an activating group) is 1. The molecule has 3 atom stereocenters. The van der Waals surface area contributed by atoms with Crippen LogP contribution in [-0.2, 0) is 6.54 Å². The third-order valence-electron chi connectivity index (χ3n) is 6.90. The van der Waals surface area contributed by atoms with Gasteiger partial charge in [-0.15, -0.1) is 0 Å². The molecule has 0 fully saturated rings. The van der Waals surface area contributed by atoms with Crippen LogP contribution in [-0.4, -0.2) is 75.9 Å². The van der Waals surface area contributed by atoms with Crippen molar-refractivity contribution in [1.29, 1.82) is 0 Å². The van der Waals surface area contributed by atoms with Crippen LogP contribution in [0.25, 0.3) is 0 Å². The minimum Gasteiger partial charge on any atom is -0.486 e. The molecular formula is C28H36N6O5. The van der Waals surface area contributed by atoms with Gasteiger partial charge in [-0.25, -0.2) is 4.79 Å². The molecule has 3 aromatic rings. The molecule has 2 aromatic heterocycles. The number of carbonyl (C=O) groups excluding carboxylic acids is 2. The Bertz CT molecular complexity index is 1280. The van der Waals surface area contributed by atoms with Crippen LogP contribution >= 0.6 is 0 Å². The first-order valence-electron chi connectivity index (χ1n) is 13.0. The van der Waals surface area contributed by atoms with E-state index in [0.717, 1.165) is 5.56 Å². The van der Waals surface area contributed by atoms with Gasteiger partial charge in [0, 0.05) is 37.9 Å². The number of nitrogens with zero attached hydrogens (tertiary/aromatic N) is 4. The second-order valence-electron chi connectivity index (χ2n) is 10.1. The number of hydrogen-bond donors (Lipinski definition) is 3. The van der Waals surface area contributed by atoms with E-state index < -0.39 is 6.03 Å². The van der Waals surface area contributed by atoms with Crippen LogP contribution in [0.1, 0.15) is 41.2 Å². The Morgan fingerprint density at radius 3 is 2.64 bits per heavy atom. The summed E-state index contributed by atoms with van der Waals surface area (Å²) in [6.45, 7) is 8.79. The monoisotopic (exact) mass is 536 g/mol. The van der Waals surface area contributed by atoms with Crippen LogP contribution in [0.4, 0.5) is 16.2 Å². The number of ether oxygens (including phenoxy) is 1. The molecule has 0 saturated heterocycles. The number of benzene rings is 1. The van der Waals surface area contributed by atoms with Crippen molar-refractivity contribution < 1.29 is 24.0 Å². The van der Waals surface area contributed by atoms with Gasteiger partial charge in [0.1, 0.15) is 17.5 Å². The summed E-state index contributed by atoms with van der Waals surface area (Å²) < 4.78 is 11.7. The Morgan fingerprint density at radius 2 is 1.97 bits per heavy atom. The van der Waals surface area contributed by atoms with Crippen LogP contribution in [0.15, 0.2) is 47.2 Å². The van der Waals surface area contributed by atoms with E-state index in [1.807, 2.05) is 33.0 Å². The SMILES string of the molecule is Cc1noc(C)c1NC(=O)Nc1cccc2c1O[C@@H](CN(C)Cc1ccncc1)[C@@H](C)CN([C@H](C)CO)C2=O. The fourth-order valence-electron chi connectivity index (χ4n) is 4.66. The maximum atomic E-state index is 13.7. The fourth-order valence-corrected chi connectivity index (χ4v) is 4.66. The number of aliphatic hydroxyl groups excluding tert-OH is 1. The average Bonchev–Trinajstić information content (AvgIpc) is 3.23. The number of aryl methyl sites for hydroxylation is 2. The molecule has 11 heteroatoms. The van der Waals surface area contributed by atoms with Gasteiger partial charge in [-0.2, -0.15) is 0 Å². The summed E-state index contributed by atoms with van der Waals surface area (Å²) in [5.74, 6) is 0.439. The zero-order valence-corrected chi connectivity index (χ0v) is 23.0. The van der Waals surface area contributed by atoms with Gasteiger partial charge in [-0.05, 0) is 57.6 Å². The highest BCUT2D eigenvalue weighted by Gasteiger charge is 2.34. The van der Waals surface area contributed by atoms with Crippen molar-refractivity contribution in [2.45, 2.75) is 46.4 Å². The van der Waals surface area contributed by atoms with Crippen molar-refractivity contribution in [2.75, 3.05) is 37.4 Å². The lowest BCUT2D eigenvalue weighted by Crippen LogP contribution is -2.49. The van der Waals surface area contributed by atoms with Crippen molar-refractivity contribution >= 4 is 23.3 Å². The molecule has 3 amide bonds. The van der Waals surface area contributed by atoms with E-state index in [4.69, 9.17) is 9.26 Å². The third-order valence-corrected chi connectivity index (χ3v) is 6.90. The highest BCUT2D eigenvalue weighted by atomic mass is 16.5. The number of anilines is 2. The summed E-state index contributed by atoms with van der Waals surface area (Å²) in [5, 5.41) is 19.4. The van der Waals surface area contributed by atoms with E-state index in [-0.39, 0.29) is 30.6 Å². The van der Waals surface area contributed by atoms with Gasteiger partial charge in [0.25, 0.3) is 5.91 Å². The van der Waals surface area contributed by atoms with Crippen LogP contribution in [0.5, 0.6) is 5.75 Å². The standard InChI is InChI=1S/C28H36N6O5/c1-17-13-34(18(2)16-35)27(36)22-7-6-8-23(30-28(37)31-25-19(3)32-39-20(25)4)26(22)38-24(17)15-33(5)14-21-9-11-29-12-10-21/h6-12,17-18,24,35H,13-16H2,1-5H3,(H2,30,31,37)/t17-,18+,24-/m0/s1. The number of fused-ring (bicyclic) bond motifs is 1. The van der Waals surface area contributed by atoms with E-state index in [2.05, 4.69) is 25.7 Å². The molecule has 0 bridgehead atoms. The average molecular weight is 537 g/mol. The Kier molecular flexibility index (Phi) is 8.82. The molecule has 4 rings (SSSR count). The molecule has 1 aliphatic heterocycles. The first-order valence-corrected chi connectivity index (χ1v) is 13.0. The molecule has 0 unspecified atom stereocenters. The van der Waals surface area contributed by atoms with Gasteiger partial charge in [0.2, 0.25) is 0 Å². The number of nitrogens with one attached hydrogen (secondary N) is 2. The van der Waals surface area contributed by atoms with Crippen LogP contribution in [0.3, 0.4) is 0 Å². The highest BCUT2D eigenvalue weighted by Crippen LogP contribution is 2.35. The number of aromatic nitrogens is 2. The molecule has 1 aromatic carbocycles. The maximum Gasteiger partial charge on any atom is 0.323 e. The first-order chi connectivity index (χ1) is 18.7. The highest BCUT2D eigenvalue weighted by molar-refractivity contribution is 6.04. The summed E-state index contributed by atoms with van der Waals surface area (Å²) >= 11 is 0. The summed E-state index contributed by atoms with van der Waals surface area (Å²) in [6.07, 6.45) is 3.21. The molecule has 0 aliphatic carbocycles.